The van der Waals surface area contributed by atoms with Crippen molar-refractivity contribution >= 4 is 34.1 Å². The highest BCUT2D eigenvalue weighted by atomic mass is 35.5. The maximum absolute atomic E-state index is 6.21. The molecule has 5 rings (SSSR count). The van der Waals surface area contributed by atoms with Crippen LogP contribution in [0.4, 0.5) is 5.95 Å². The van der Waals surface area contributed by atoms with E-state index in [0.717, 1.165) is 60.7 Å². The maximum atomic E-state index is 6.21. The van der Waals surface area contributed by atoms with E-state index in [1.54, 1.807) is 0 Å². The number of hydrogen-bond acceptors (Lipinski definition) is 4. The molecule has 1 aliphatic heterocycles. The second-order valence-electron chi connectivity index (χ2n) is 7.60. The van der Waals surface area contributed by atoms with Gasteiger partial charge in [-0.25, -0.2) is 9.38 Å². The Bertz CT molecular complexity index is 1130. The minimum Gasteiger partial charge on any atom is -0.342 e. The molecule has 2 aromatic heterocycles. The zero-order chi connectivity index (χ0) is 19.1. The van der Waals surface area contributed by atoms with E-state index in [9.17, 15) is 0 Å². The predicted octanol–water partition coefficient (Wildman–Crippen LogP) is 4.70. The van der Waals surface area contributed by atoms with Crippen LogP contribution in [0.2, 0.25) is 5.02 Å². The van der Waals surface area contributed by atoms with Gasteiger partial charge in [-0.05, 0) is 55.9 Å². The van der Waals surface area contributed by atoms with Gasteiger partial charge in [0.25, 0.3) is 0 Å². The normalized spacial score (nSPS) is 15.6. The van der Waals surface area contributed by atoms with Crippen molar-refractivity contribution in [1.29, 1.82) is 0 Å². The van der Waals surface area contributed by atoms with E-state index < -0.39 is 0 Å². The quantitative estimate of drug-likeness (QED) is 0.508. The minimum atomic E-state index is 0.688. The van der Waals surface area contributed by atoms with Gasteiger partial charge in [0.1, 0.15) is 5.82 Å². The van der Waals surface area contributed by atoms with Crippen LogP contribution in [-0.2, 0) is 6.42 Å². The number of aromatic nitrogens is 4. The summed E-state index contributed by atoms with van der Waals surface area (Å²) in [6.07, 6.45) is 3.47. The van der Waals surface area contributed by atoms with Gasteiger partial charge in [-0.2, -0.15) is 0 Å². The number of hydrogen-bond donors (Lipinski definition) is 0. The third-order valence-electron chi connectivity index (χ3n) is 5.71. The standard InChI is InChI=1S/C22H22ClN5/c1-15-25-26-21-19-8-7-18(23)14-20(19)24-22(28(15)21)27-11-9-17(10-12-27)13-16-5-3-2-4-6-16/h2-8,14,17H,9-13H2,1H3. The van der Waals surface area contributed by atoms with Gasteiger partial charge >= 0.3 is 0 Å². The third-order valence-corrected chi connectivity index (χ3v) is 5.95. The van der Waals surface area contributed by atoms with E-state index in [0.29, 0.717) is 10.9 Å². The molecule has 0 N–H and O–H groups in total. The molecule has 0 spiro atoms. The van der Waals surface area contributed by atoms with Gasteiger partial charge in [0.2, 0.25) is 5.95 Å². The summed E-state index contributed by atoms with van der Waals surface area (Å²) < 4.78 is 2.08. The molecule has 1 aliphatic rings. The van der Waals surface area contributed by atoms with E-state index in [1.807, 2.05) is 25.1 Å². The van der Waals surface area contributed by atoms with Crippen LogP contribution in [0.1, 0.15) is 24.2 Å². The molecule has 0 atom stereocenters. The molecule has 0 unspecified atom stereocenters. The summed E-state index contributed by atoms with van der Waals surface area (Å²) in [5.41, 5.74) is 3.14. The molecular weight excluding hydrogens is 370 g/mol. The molecule has 0 aliphatic carbocycles. The highest BCUT2D eigenvalue weighted by Crippen LogP contribution is 2.29. The zero-order valence-electron chi connectivity index (χ0n) is 15.8. The Kier molecular flexibility index (Phi) is 4.40. The predicted molar refractivity (Wildman–Crippen MR) is 113 cm³/mol. The van der Waals surface area contributed by atoms with Crippen LogP contribution < -0.4 is 4.90 Å². The van der Waals surface area contributed by atoms with Gasteiger partial charge in [0, 0.05) is 23.5 Å². The summed E-state index contributed by atoms with van der Waals surface area (Å²) >= 11 is 6.21. The van der Waals surface area contributed by atoms with E-state index >= 15 is 0 Å². The first-order chi connectivity index (χ1) is 13.7. The Hall–Kier alpha value is -2.66. The molecule has 1 fully saturated rings. The van der Waals surface area contributed by atoms with Gasteiger partial charge in [-0.1, -0.05) is 41.9 Å². The summed E-state index contributed by atoms with van der Waals surface area (Å²) in [5.74, 6) is 2.50. The minimum absolute atomic E-state index is 0.688. The van der Waals surface area contributed by atoms with Crippen molar-refractivity contribution in [2.24, 2.45) is 5.92 Å². The van der Waals surface area contributed by atoms with Gasteiger partial charge in [0.05, 0.1) is 5.52 Å². The molecule has 28 heavy (non-hydrogen) atoms. The summed E-state index contributed by atoms with van der Waals surface area (Å²) in [4.78, 5) is 7.32. The average Bonchev–Trinajstić information content (AvgIpc) is 3.10. The lowest BCUT2D eigenvalue weighted by Crippen LogP contribution is -2.36. The first-order valence-corrected chi connectivity index (χ1v) is 10.2. The van der Waals surface area contributed by atoms with E-state index in [1.165, 1.54) is 5.56 Å². The number of nitrogens with zero attached hydrogens (tertiary/aromatic N) is 5. The van der Waals surface area contributed by atoms with Gasteiger partial charge in [0.15, 0.2) is 5.65 Å². The Morgan fingerprint density at radius 3 is 2.61 bits per heavy atom. The van der Waals surface area contributed by atoms with Crippen LogP contribution in [0.15, 0.2) is 48.5 Å². The van der Waals surface area contributed by atoms with Gasteiger partial charge < -0.3 is 4.90 Å². The van der Waals surface area contributed by atoms with E-state index in [4.69, 9.17) is 16.6 Å². The van der Waals surface area contributed by atoms with E-state index in [2.05, 4.69) is 49.8 Å². The number of anilines is 1. The Morgan fingerprint density at radius 1 is 1.04 bits per heavy atom. The molecule has 2 aromatic carbocycles. The molecule has 0 bridgehead atoms. The van der Waals surface area contributed by atoms with Gasteiger partial charge in [-0.3, -0.25) is 0 Å². The molecule has 4 aromatic rings. The first kappa shape index (κ1) is 17.4. The highest BCUT2D eigenvalue weighted by Gasteiger charge is 2.24. The lowest BCUT2D eigenvalue weighted by molar-refractivity contribution is 0.400. The Morgan fingerprint density at radius 2 is 1.82 bits per heavy atom. The summed E-state index contributed by atoms with van der Waals surface area (Å²) in [6, 6.07) is 16.5. The zero-order valence-corrected chi connectivity index (χ0v) is 16.6. The second kappa shape index (κ2) is 7.06. The lowest BCUT2D eigenvalue weighted by Gasteiger charge is -2.33. The highest BCUT2D eigenvalue weighted by molar-refractivity contribution is 6.31. The van der Waals surface area contributed by atoms with E-state index in [-0.39, 0.29) is 0 Å². The molecule has 1 saturated heterocycles. The summed E-state index contributed by atoms with van der Waals surface area (Å²) in [5, 5.41) is 10.4. The van der Waals surface area contributed by atoms with Crippen molar-refractivity contribution in [3.63, 3.8) is 0 Å². The molecule has 0 amide bonds. The molecule has 142 valence electrons. The lowest BCUT2D eigenvalue weighted by atomic mass is 9.90. The largest absolute Gasteiger partial charge is 0.342 e. The van der Waals surface area contributed by atoms with Crippen LogP contribution in [0, 0.1) is 12.8 Å². The SMILES string of the molecule is Cc1nnc2c3ccc(Cl)cc3nc(N3CCC(Cc4ccccc4)CC3)n12. The Labute approximate surface area is 169 Å². The Balaban J connectivity index is 1.45. The van der Waals surface area contributed by atoms with Crippen molar-refractivity contribution in [2.45, 2.75) is 26.2 Å². The molecular formula is C22H22ClN5. The molecule has 6 heteroatoms. The van der Waals surface area contributed by atoms with Crippen LogP contribution >= 0.6 is 11.6 Å². The number of fused-ring (bicyclic) bond motifs is 3. The van der Waals surface area contributed by atoms with Crippen LogP contribution in [-0.4, -0.2) is 32.7 Å². The fraction of sp³-hybridized carbons (Fsp3) is 0.318. The fourth-order valence-corrected chi connectivity index (χ4v) is 4.38. The third kappa shape index (κ3) is 3.10. The number of piperidine rings is 1. The first-order valence-electron chi connectivity index (χ1n) is 9.79. The average molecular weight is 392 g/mol. The number of aryl methyl sites for hydroxylation is 1. The smallest absolute Gasteiger partial charge is 0.213 e. The van der Waals surface area contributed by atoms with Crippen LogP contribution in [0.25, 0.3) is 16.6 Å². The van der Waals surface area contributed by atoms with Crippen molar-refractivity contribution in [3.8, 4) is 0 Å². The second-order valence-corrected chi connectivity index (χ2v) is 8.04. The van der Waals surface area contributed by atoms with Crippen molar-refractivity contribution in [1.82, 2.24) is 19.6 Å². The van der Waals surface area contributed by atoms with Gasteiger partial charge in [-0.15, -0.1) is 10.2 Å². The monoisotopic (exact) mass is 391 g/mol. The molecule has 3 heterocycles. The van der Waals surface area contributed by atoms with Crippen molar-refractivity contribution in [3.05, 3.63) is 64.9 Å². The molecule has 0 saturated carbocycles. The van der Waals surface area contributed by atoms with Crippen LogP contribution in [0.3, 0.4) is 0 Å². The summed E-state index contributed by atoms with van der Waals surface area (Å²) in [7, 11) is 0. The number of rotatable bonds is 3. The van der Waals surface area contributed by atoms with Crippen LogP contribution in [0.5, 0.6) is 0 Å². The topological polar surface area (TPSA) is 46.3 Å². The summed E-state index contributed by atoms with van der Waals surface area (Å²) in [6.45, 7) is 3.96. The van der Waals surface area contributed by atoms with Crippen molar-refractivity contribution in [2.75, 3.05) is 18.0 Å². The number of halogens is 1. The fourth-order valence-electron chi connectivity index (χ4n) is 4.22. The molecule has 5 nitrogen and oxygen atoms in total. The molecule has 0 radical (unpaired) electrons. The number of benzene rings is 2. The maximum Gasteiger partial charge on any atom is 0.213 e. The van der Waals surface area contributed by atoms with Crippen molar-refractivity contribution < 1.29 is 0 Å².